The van der Waals surface area contributed by atoms with Gasteiger partial charge in [-0.1, -0.05) is 6.42 Å². The molecule has 0 saturated heterocycles. The van der Waals surface area contributed by atoms with Crippen molar-refractivity contribution in [1.29, 1.82) is 0 Å². The molecular formula is C12H16N3O7-. The zero-order chi connectivity index (χ0) is 16.2. The summed E-state index contributed by atoms with van der Waals surface area (Å²) in [6.45, 7) is 0. The molecule has 0 aromatic rings. The van der Waals surface area contributed by atoms with Crippen LogP contribution < -0.4 is 0 Å². The van der Waals surface area contributed by atoms with Gasteiger partial charge in [0.1, 0.15) is 5.78 Å². The van der Waals surface area contributed by atoms with Gasteiger partial charge in [0.25, 0.3) is 5.71 Å². The summed E-state index contributed by atoms with van der Waals surface area (Å²) in [5.74, 6) is -3.45. The van der Waals surface area contributed by atoms with E-state index in [0.717, 1.165) is 6.08 Å². The molecule has 3 aliphatic carbocycles. The maximum Gasteiger partial charge on any atom is 0.252 e. The Morgan fingerprint density at radius 2 is 1.77 bits per heavy atom. The summed E-state index contributed by atoms with van der Waals surface area (Å²) in [6.07, 6.45) is 2.63. The number of hydrogen-bond donors (Lipinski definition) is 4. The van der Waals surface area contributed by atoms with Crippen LogP contribution >= 0.6 is 0 Å². The largest absolute Gasteiger partial charge is 0.762 e. The third-order valence-corrected chi connectivity index (χ3v) is 5.05. The summed E-state index contributed by atoms with van der Waals surface area (Å²) >= 11 is 0. The lowest BCUT2D eigenvalue weighted by Crippen LogP contribution is -2.62. The van der Waals surface area contributed by atoms with Crippen LogP contribution in [0.5, 0.6) is 0 Å². The van der Waals surface area contributed by atoms with Crippen LogP contribution in [0.2, 0.25) is 0 Å². The molecule has 2 saturated carbocycles. The van der Waals surface area contributed by atoms with Crippen molar-refractivity contribution in [3.05, 3.63) is 22.2 Å². The minimum absolute atomic E-state index is 0.189. The van der Waals surface area contributed by atoms with E-state index in [2.05, 4.69) is 0 Å². The average Bonchev–Trinajstić information content (AvgIpc) is 2.43. The lowest BCUT2D eigenvalue weighted by atomic mass is 9.55. The summed E-state index contributed by atoms with van der Waals surface area (Å²) in [6, 6.07) is -1.24. The quantitative estimate of drug-likeness (QED) is 0.315. The molecule has 0 heterocycles. The number of allylic oxidation sites excluding steroid dienone is 1. The van der Waals surface area contributed by atoms with Gasteiger partial charge in [-0.25, -0.2) is 0 Å². The van der Waals surface area contributed by atoms with Crippen molar-refractivity contribution in [3.8, 4) is 0 Å². The zero-order valence-corrected chi connectivity index (χ0v) is 11.4. The van der Waals surface area contributed by atoms with E-state index in [1.807, 2.05) is 0 Å². The summed E-state index contributed by atoms with van der Waals surface area (Å²) < 4.78 is 0. The SMILES string of the molecule is O=C1C2CCCC1C1C(=[N+]([O-])O)C=C(N(O)O)C2C1N([O-])O. The van der Waals surface area contributed by atoms with Crippen LogP contribution in [0.3, 0.4) is 0 Å². The monoisotopic (exact) mass is 314 g/mol. The van der Waals surface area contributed by atoms with E-state index in [4.69, 9.17) is 0 Å². The van der Waals surface area contributed by atoms with Crippen LogP contribution in [0.4, 0.5) is 0 Å². The predicted octanol–water partition coefficient (Wildman–Crippen LogP) is 0.0938. The first-order valence-corrected chi connectivity index (χ1v) is 6.96. The molecule has 122 valence electrons. The molecule has 4 N–H and O–H groups in total. The van der Waals surface area contributed by atoms with Gasteiger partial charge in [-0.05, 0) is 12.8 Å². The highest BCUT2D eigenvalue weighted by Gasteiger charge is 2.59. The van der Waals surface area contributed by atoms with Crippen molar-refractivity contribution in [1.82, 2.24) is 10.5 Å². The maximum atomic E-state index is 12.5. The molecule has 0 aliphatic heterocycles. The van der Waals surface area contributed by atoms with Gasteiger partial charge in [0.15, 0.2) is 0 Å². The van der Waals surface area contributed by atoms with E-state index in [0.29, 0.717) is 19.3 Å². The van der Waals surface area contributed by atoms with Crippen LogP contribution in [0.25, 0.3) is 0 Å². The summed E-state index contributed by atoms with van der Waals surface area (Å²) in [5, 5.41) is 59.9. The van der Waals surface area contributed by atoms with Gasteiger partial charge in [-0.2, -0.15) is 0 Å². The Hall–Kier alpha value is -1.72. The highest BCUT2D eigenvalue weighted by molar-refractivity contribution is 6.01. The van der Waals surface area contributed by atoms with Crippen LogP contribution in [0.15, 0.2) is 11.8 Å². The van der Waals surface area contributed by atoms with Crippen molar-refractivity contribution in [2.45, 2.75) is 25.3 Å². The van der Waals surface area contributed by atoms with Crippen LogP contribution in [0.1, 0.15) is 19.3 Å². The van der Waals surface area contributed by atoms with Crippen molar-refractivity contribution < 1.29 is 30.5 Å². The number of Topliss-reactive ketones (excluding diaryl/α,β-unsaturated/α-hetero) is 1. The van der Waals surface area contributed by atoms with Crippen LogP contribution in [-0.2, 0) is 4.79 Å². The van der Waals surface area contributed by atoms with Crippen molar-refractivity contribution in [3.63, 3.8) is 0 Å². The second-order valence-corrected chi connectivity index (χ2v) is 5.95. The zero-order valence-electron chi connectivity index (χ0n) is 11.4. The molecule has 2 fully saturated rings. The second kappa shape index (κ2) is 5.18. The van der Waals surface area contributed by atoms with E-state index in [-0.39, 0.29) is 27.6 Å². The maximum absolute atomic E-state index is 12.5. The Balaban J connectivity index is 2.23. The summed E-state index contributed by atoms with van der Waals surface area (Å²) in [7, 11) is 0. The molecule has 10 nitrogen and oxygen atoms in total. The number of carbonyl (C=O) groups is 1. The predicted molar refractivity (Wildman–Crippen MR) is 67.5 cm³/mol. The fraction of sp³-hybridized carbons (Fsp3) is 0.667. The minimum atomic E-state index is -1.24. The first-order valence-electron chi connectivity index (χ1n) is 6.96. The number of carbonyl (C=O) groups excluding carboxylic acids is 1. The standard InChI is InChI=1S/C12H16N3O7/c16-12-5-2-1-3-6(12)10-8(14(19)20)4-7(13(17)18)9(5)11(10)15(21)22/h4-6,9-11,17-18,21H,1-3H2,(H,19,20)/q-1. The first kappa shape index (κ1) is 15.2. The van der Waals surface area contributed by atoms with Crippen LogP contribution in [0, 0.1) is 34.1 Å². The lowest BCUT2D eigenvalue weighted by molar-refractivity contribution is -0.727. The molecule has 10 heteroatoms. The van der Waals surface area contributed by atoms with Gasteiger partial charge >= 0.3 is 0 Å². The molecule has 3 rings (SSSR count). The Labute approximate surface area is 124 Å². The third-order valence-electron chi connectivity index (χ3n) is 5.05. The molecule has 0 amide bonds. The molecule has 0 aromatic carbocycles. The smallest absolute Gasteiger partial charge is 0.252 e. The van der Waals surface area contributed by atoms with E-state index < -0.39 is 34.6 Å². The number of fused-ring (bicyclic) bond motifs is 6. The van der Waals surface area contributed by atoms with Gasteiger partial charge in [-0.15, -0.1) is 5.23 Å². The van der Waals surface area contributed by atoms with Crippen LogP contribution in [-0.4, -0.2) is 53.7 Å². The van der Waals surface area contributed by atoms with Gasteiger partial charge < -0.3 is 15.6 Å². The van der Waals surface area contributed by atoms with Gasteiger partial charge in [0, 0.05) is 34.8 Å². The molecule has 5 unspecified atom stereocenters. The highest BCUT2D eigenvalue weighted by atomic mass is 16.8. The minimum Gasteiger partial charge on any atom is -0.762 e. The van der Waals surface area contributed by atoms with Crippen molar-refractivity contribution in [2.75, 3.05) is 0 Å². The fourth-order valence-corrected chi connectivity index (χ4v) is 4.28. The Bertz CT molecular complexity index is 555. The number of hydrogen-bond acceptors (Lipinski definition) is 9. The summed E-state index contributed by atoms with van der Waals surface area (Å²) in [4.78, 5) is 12.0. The topological polar surface area (TPSA) is 154 Å². The Morgan fingerprint density at radius 3 is 2.27 bits per heavy atom. The van der Waals surface area contributed by atoms with E-state index >= 15 is 0 Å². The molecule has 4 bridgehead atoms. The molecule has 0 aromatic heterocycles. The number of nitrogens with zero attached hydrogens (tertiary/aromatic N) is 3. The number of ketones is 1. The normalized spacial score (nSPS) is 39.6. The Kier molecular flexibility index (Phi) is 3.57. The van der Waals surface area contributed by atoms with E-state index in [9.17, 15) is 36.0 Å². The molecule has 3 aliphatic rings. The summed E-state index contributed by atoms with van der Waals surface area (Å²) in [5.41, 5.74) is -0.627. The van der Waals surface area contributed by atoms with Gasteiger partial charge in [-0.3, -0.25) is 25.6 Å². The third kappa shape index (κ3) is 2.00. The number of hydroxylamine groups is 4. The van der Waals surface area contributed by atoms with Gasteiger partial charge in [0.05, 0.1) is 11.6 Å². The Morgan fingerprint density at radius 1 is 1.18 bits per heavy atom. The fourth-order valence-electron chi connectivity index (χ4n) is 4.28. The van der Waals surface area contributed by atoms with E-state index in [1.54, 1.807) is 0 Å². The molecule has 22 heavy (non-hydrogen) atoms. The second-order valence-electron chi connectivity index (χ2n) is 5.95. The average molecular weight is 314 g/mol. The molecular weight excluding hydrogens is 298 g/mol. The molecule has 0 radical (unpaired) electrons. The highest BCUT2D eigenvalue weighted by Crippen LogP contribution is 2.51. The first-order chi connectivity index (χ1) is 10.3. The van der Waals surface area contributed by atoms with Gasteiger partial charge in [0.2, 0.25) is 0 Å². The molecule has 5 atom stereocenters. The number of rotatable bonds is 2. The van der Waals surface area contributed by atoms with Crippen molar-refractivity contribution in [2.24, 2.45) is 23.7 Å². The van der Waals surface area contributed by atoms with Crippen molar-refractivity contribution >= 4 is 11.5 Å². The molecule has 0 spiro atoms. The van der Waals surface area contributed by atoms with E-state index in [1.165, 1.54) is 0 Å². The lowest BCUT2D eigenvalue weighted by Gasteiger charge is -2.54.